The second kappa shape index (κ2) is 13.1. The first-order chi connectivity index (χ1) is 19.9. The Morgan fingerprint density at radius 2 is 1.79 bits per heavy atom. The molecule has 42 heavy (non-hydrogen) atoms. The molecule has 3 aliphatic rings. The number of aliphatic hydroxyl groups is 1. The fourth-order valence-corrected chi connectivity index (χ4v) is 7.99. The van der Waals surface area contributed by atoms with E-state index in [2.05, 4.69) is 9.80 Å². The van der Waals surface area contributed by atoms with Gasteiger partial charge in [0.15, 0.2) is 0 Å². The van der Waals surface area contributed by atoms with Crippen LogP contribution in [0.1, 0.15) is 42.5 Å². The predicted octanol–water partition coefficient (Wildman–Crippen LogP) is 3.87. The third-order valence-electron chi connectivity index (χ3n) is 8.36. The maximum atomic E-state index is 14.0. The van der Waals surface area contributed by atoms with E-state index in [1.807, 2.05) is 0 Å². The number of hydrogen-bond acceptors (Lipinski definition) is 7. The number of hydrogen-bond donors (Lipinski definition) is 1. The molecule has 5 rings (SSSR count). The Labute approximate surface area is 249 Å². The van der Waals surface area contributed by atoms with E-state index in [1.54, 1.807) is 4.68 Å². The lowest BCUT2D eigenvalue weighted by molar-refractivity contribution is -0.139. The highest BCUT2D eigenvalue weighted by Crippen LogP contribution is 2.40. The van der Waals surface area contributed by atoms with Gasteiger partial charge >= 0.3 is 6.18 Å². The van der Waals surface area contributed by atoms with Gasteiger partial charge in [-0.1, -0.05) is 6.07 Å². The van der Waals surface area contributed by atoms with E-state index >= 15 is 0 Å². The fraction of sp³-hybridized carbons (Fsp3) is 0.679. The monoisotopic (exact) mass is 633 g/mol. The van der Waals surface area contributed by atoms with Gasteiger partial charge in [-0.05, 0) is 50.9 Å². The molecule has 0 saturated carbocycles. The molecule has 8 nitrogen and oxygen atoms in total. The summed E-state index contributed by atoms with van der Waals surface area (Å²) in [6.07, 6.45) is -1.42. The molecule has 0 radical (unpaired) electrons. The number of fused-ring (bicyclic) bond motifs is 1. The molecular formula is C28H39F4N5O3S2. The van der Waals surface area contributed by atoms with E-state index in [4.69, 9.17) is 5.10 Å². The molecule has 0 spiro atoms. The van der Waals surface area contributed by atoms with Crippen LogP contribution in [0.25, 0.3) is 11.3 Å². The van der Waals surface area contributed by atoms with E-state index < -0.39 is 34.0 Å². The van der Waals surface area contributed by atoms with Gasteiger partial charge in [0, 0.05) is 73.2 Å². The highest BCUT2D eigenvalue weighted by atomic mass is 32.2. The molecule has 2 saturated heterocycles. The van der Waals surface area contributed by atoms with Crippen molar-refractivity contribution in [3.8, 4) is 11.3 Å². The molecule has 14 heteroatoms. The van der Waals surface area contributed by atoms with Crippen molar-refractivity contribution in [3.05, 3.63) is 35.0 Å². The third kappa shape index (κ3) is 7.68. The Morgan fingerprint density at radius 1 is 1.07 bits per heavy atom. The maximum Gasteiger partial charge on any atom is 0.417 e. The Kier molecular flexibility index (Phi) is 9.90. The number of piperidine rings is 1. The lowest BCUT2D eigenvalue weighted by Crippen LogP contribution is -2.37. The van der Waals surface area contributed by atoms with Gasteiger partial charge < -0.3 is 14.9 Å². The lowest BCUT2D eigenvalue weighted by Gasteiger charge is -2.28. The minimum atomic E-state index is -4.54. The van der Waals surface area contributed by atoms with Crippen molar-refractivity contribution in [1.29, 1.82) is 0 Å². The quantitative estimate of drug-likeness (QED) is 0.314. The van der Waals surface area contributed by atoms with Gasteiger partial charge in [-0.3, -0.25) is 4.68 Å². The summed E-state index contributed by atoms with van der Waals surface area (Å²) in [5.41, 5.74) is 1.64. The van der Waals surface area contributed by atoms with Crippen LogP contribution in [0.5, 0.6) is 0 Å². The largest absolute Gasteiger partial charge is 0.417 e. The molecule has 0 amide bonds. The number of alkyl halides is 4. The first-order valence-corrected chi connectivity index (χ1v) is 17.4. The molecule has 1 atom stereocenters. The third-order valence-corrected chi connectivity index (χ3v) is 10.6. The number of nitrogens with zero attached hydrogens (tertiary/aromatic N) is 5. The summed E-state index contributed by atoms with van der Waals surface area (Å²) < 4.78 is 83.3. The first-order valence-electron chi connectivity index (χ1n) is 14.5. The smallest absolute Gasteiger partial charge is 0.390 e. The van der Waals surface area contributed by atoms with Crippen LogP contribution in [-0.2, 0) is 35.7 Å². The Bertz CT molecular complexity index is 1340. The molecule has 1 aromatic heterocycles. The molecule has 1 N–H and O–H groups in total. The van der Waals surface area contributed by atoms with Crippen LogP contribution in [0.4, 0.5) is 17.6 Å². The lowest BCUT2D eigenvalue weighted by atomic mass is 10.0. The highest BCUT2D eigenvalue weighted by Gasteiger charge is 2.35. The Hall–Kier alpha value is -1.71. The minimum absolute atomic E-state index is 0.0692. The molecule has 4 heterocycles. The number of β-amino-alcohol motifs (C(OH)–C–C–N with tert-alkyl or cyclic N) is 1. The molecule has 1 unspecified atom stereocenters. The molecule has 234 valence electrons. The van der Waals surface area contributed by atoms with Crippen molar-refractivity contribution in [2.75, 3.05) is 57.8 Å². The molecule has 0 aliphatic carbocycles. The second-order valence-corrected chi connectivity index (χ2v) is 14.7. The SMILES string of the molecule is CS(=O)(=O)N1CCc2c(c(-c3ccc(C(F)(F)F)c(SCCN4CCC(F)CC4)c3)nn2CC(O)CN2CCCC2)C1. The zero-order chi connectivity index (χ0) is 30.1. The topological polar surface area (TPSA) is 81.9 Å². The number of aliphatic hydroxyl groups excluding tert-OH is 1. The van der Waals surface area contributed by atoms with E-state index in [0.29, 0.717) is 68.0 Å². The number of sulfonamides is 1. The zero-order valence-corrected chi connectivity index (χ0v) is 25.5. The summed E-state index contributed by atoms with van der Waals surface area (Å²) >= 11 is 1.11. The average molecular weight is 634 g/mol. The van der Waals surface area contributed by atoms with E-state index in [9.17, 15) is 31.1 Å². The fourth-order valence-electron chi connectivity index (χ4n) is 6.09. The number of aromatic nitrogens is 2. The van der Waals surface area contributed by atoms with E-state index in [0.717, 1.165) is 55.7 Å². The van der Waals surface area contributed by atoms with Gasteiger partial charge in [0.1, 0.15) is 6.17 Å². The van der Waals surface area contributed by atoms with E-state index in [-0.39, 0.29) is 24.5 Å². The number of thioether (sulfide) groups is 1. The van der Waals surface area contributed by atoms with Gasteiger partial charge in [0.2, 0.25) is 10.0 Å². The summed E-state index contributed by atoms with van der Waals surface area (Å²) in [7, 11) is -3.50. The van der Waals surface area contributed by atoms with Gasteiger partial charge in [-0.2, -0.15) is 22.6 Å². The molecular weight excluding hydrogens is 594 g/mol. The first kappa shape index (κ1) is 31.7. The van der Waals surface area contributed by atoms with Crippen LogP contribution in [0, 0.1) is 0 Å². The number of rotatable bonds is 10. The maximum absolute atomic E-state index is 14.0. The molecule has 2 fully saturated rings. The Balaban J connectivity index is 1.43. The summed E-state index contributed by atoms with van der Waals surface area (Å²) in [6.45, 7) is 4.68. The number of benzene rings is 1. The van der Waals surface area contributed by atoms with Crippen LogP contribution < -0.4 is 0 Å². The van der Waals surface area contributed by atoms with Crippen LogP contribution in [0.2, 0.25) is 0 Å². The standard InChI is InChI=1S/C28H39F4N5O3S2/c1-42(39,40)36-13-8-25-23(19-36)27(33-37(25)18-22(38)17-35-9-2-3-10-35)20-4-5-24(28(30,31)32)26(16-20)41-15-14-34-11-6-21(29)7-12-34/h4-5,16,21-22,38H,2-3,6-15,17-19H2,1H3. The number of halogens is 4. The van der Waals surface area contributed by atoms with Crippen LogP contribution in [0.15, 0.2) is 23.1 Å². The van der Waals surface area contributed by atoms with Crippen LogP contribution in [-0.4, -0.2) is 108 Å². The van der Waals surface area contributed by atoms with Crippen molar-refractivity contribution in [2.45, 2.75) is 68.5 Å². The number of likely N-dealkylation sites (tertiary alicyclic amines) is 2. The normalized spacial score (nSPS) is 20.7. The van der Waals surface area contributed by atoms with Crippen molar-refractivity contribution in [1.82, 2.24) is 23.9 Å². The second-order valence-electron chi connectivity index (χ2n) is 11.5. The Morgan fingerprint density at radius 3 is 2.45 bits per heavy atom. The van der Waals surface area contributed by atoms with Gasteiger partial charge in [-0.15, -0.1) is 11.8 Å². The molecule has 2 aromatic rings. The van der Waals surface area contributed by atoms with Crippen molar-refractivity contribution >= 4 is 21.8 Å². The molecule has 1 aromatic carbocycles. The van der Waals surface area contributed by atoms with Gasteiger partial charge in [-0.25, -0.2) is 12.8 Å². The van der Waals surface area contributed by atoms with Crippen LogP contribution in [0.3, 0.4) is 0 Å². The molecule has 0 bridgehead atoms. The van der Waals surface area contributed by atoms with Gasteiger partial charge in [0.25, 0.3) is 0 Å². The summed E-state index contributed by atoms with van der Waals surface area (Å²) in [5.74, 6) is 0.417. The van der Waals surface area contributed by atoms with Crippen molar-refractivity contribution < 1.29 is 31.1 Å². The van der Waals surface area contributed by atoms with Crippen molar-refractivity contribution in [2.24, 2.45) is 0 Å². The zero-order valence-electron chi connectivity index (χ0n) is 23.8. The summed E-state index contributed by atoms with van der Waals surface area (Å²) in [4.78, 5) is 4.35. The van der Waals surface area contributed by atoms with Gasteiger partial charge in [0.05, 0.1) is 30.2 Å². The summed E-state index contributed by atoms with van der Waals surface area (Å²) in [5, 5.41) is 15.6. The predicted molar refractivity (Wildman–Crippen MR) is 155 cm³/mol. The highest BCUT2D eigenvalue weighted by molar-refractivity contribution is 7.99. The van der Waals surface area contributed by atoms with E-state index in [1.165, 1.54) is 16.4 Å². The average Bonchev–Trinajstić information content (AvgIpc) is 3.56. The summed E-state index contributed by atoms with van der Waals surface area (Å²) in [6, 6.07) is 3.96. The minimum Gasteiger partial charge on any atom is -0.390 e. The van der Waals surface area contributed by atoms with Crippen LogP contribution >= 0.6 is 11.8 Å². The van der Waals surface area contributed by atoms with Crippen molar-refractivity contribution in [3.63, 3.8) is 0 Å². The molecule has 3 aliphatic heterocycles.